The Morgan fingerprint density at radius 1 is 1.03 bits per heavy atom. The Kier molecular flexibility index (Phi) is 6.62. The Balaban J connectivity index is 1.34. The highest BCUT2D eigenvalue weighted by molar-refractivity contribution is 7.15. The highest BCUT2D eigenvalue weighted by Gasteiger charge is 2.29. The van der Waals surface area contributed by atoms with Crippen molar-refractivity contribution >= 4 is 33.9 Å². The van der Waals surface area contributed by atoms with Crippen LogP contribution in [-0.4, -0.2) is 42.3 Å². The molecule has 1 saturated heterocycles. The number of hydrogen-bond donors (Lipinski definition) is 2. The van der Waals surface area contributed by atoms with E-state index >= 15 is 0 Å². The predicted octanol–water partition coefficient (Wildman–Crippen LogP) is 5.58. The van der Waals surface area contributed by atoms with E-state index in [1.165, 1.54) is 22.5 Å². The lowest BCUT2D eigenvalue weighted by Gasteiger charge is -2.40. The van der Waals surface area contributed by atoms with Crippen LogP contribution in [0, 0.1) is 0 Å². The molecule has 0 radical (unpaired) electrons. The fourth-order valence-corrected chi connectivity index (χ4v) is 6.45. The molecule has 0 saturated carbocycles. The molecule has 1 aliphatic carbocycles. The number of benzene rings is 2. The number of carboxylic acid groups (broad SMARTS) is 1. The number of nitrogens with zero attached hydrogens (tertiary/aromatic N) is 1. The van der Waals surface area contributed by atoms with Crippen molar-refractivity contribution in [2.24, 2.45) is 0 Å². The van der Waals surface area contributed by atoms with Crippen molar-refractivity contribution in [2.45, 2.75) is 51.1 Å². The monoisotopic (exact) mass is 490 g/mol. The van der Waals surface area contributed by atoms with Crippen LogP contribution < -0.4 is 10.2 Å². The number of carbonyl (C=O) groups excluding carboxylic acids is 1. The average molecular weight is 491 g/mol. The van der Waals surface area contributed by atoms with Crippen LogP contribution in [0.4, 0.5) is 10.7 Å². The van der Waals surface area contributed by atoms with Gasteiger partial charge in [-0.15, -0.1) is 11.3 Å². The summed E-state index contributed by atoms with van der Waals surface area (Å²) in [6.45, 7) is 5.61. The number of carboxylic acids is 1. The van der Waals surface area contributed by atoms with Crippen LogP contribution >= 0.6 is 11.3 Å². The third kappa shape index (κ3) is 4.70. The molecule has 7 heteroatoms. The minimum absolute atomic E-state index is 0.134. The molecule has 2 aromatic carbocycles. The maximum absolute atomic E-state index is 13.0. The van der Waals surface area contributed by atoms with Crippen LogP contribution in [0.25, 0.3) is 0 Å². The quantitative estimate of drug-likeness (QED) is 0.488. The van der Waals surface area contributed by atoms with Crippen molar-refractivity contribution in [1.82, 2.24) is 0 Å². The van der Waals surface area contributed by atoms with Gasteiger partial charge < -0.3 is 20.1 Å². The van der Waals surface area contributed by atoms with E-state index in [9.17, 15) is 14.7 Å². The Bertz CT molecular complexity index is 1230. The standard InChI is InChI=1S/C28H30N2O4S/c1-17-14-34-15-18(2)30(17)23-11-9-20(10-12-23)26(31)29-27-25(28(32)33)24(16-35-27)22-8-7-19-5-3-4-6-21(19)13-22/h3-6,9-12,16-18,22H,7-8,13-15H2,1-2H3,(H,29,31)(H,32,33)/t17-,18+,22?. The van der Waals surface area contributed by atoms with E-state index in [0.29, 0.717) is 23.8 Å². The van der Waals surface area contributed by atoms with Crippen LogP contribution in [0.3, 0.4) is 0 Å². The number of fused-ring (bicyclic) bond motifs is 1. The minimum atomic E-state index is -0.999. The van der Waals surface area contributed by atoms with Crippen molar-refractivity contribution in [1.29, 1.82) is 0 Å². The number of hydrogen-bond acceptors (Lipinski definition) is 5. The maximum atomic E-state index is 13.0. The van der Waals surface area contributed by atoms with E-state index in [1.54, 1.807) is 12.1 Å². The highest BCUT2D eigenvalue weighted by Crippen LogP contribution is 2.40. The number of aryl methyl sites for hydroxylation is 1. The molecular weight excluding hydrogens is 460 g/mol. The molecule has 1 unspecified atom stereocenters. The van der Waals surface area contributed by atoms with E-state index in [-0.39, 0.29) is 29.5 Å². The number of nitrogens with one attached hydrogen (secondary N) is 1. The molecule has 5 rings (SSSR count). The number of ether oxygens (including phenoxy) is 1. The number of anilines is 2. The molecular formula is C28H30N2O4S. The zero-order valence-corrected chi connectivity index (χ0v) is 20.8. The van der Waals surface area contributed by atoms with Gasteiger partial charge >= 0.3 is 5.97 Å². The summed E-state index contributed by atoms with van der Waals surface area (Å²) in [7, 11) is 0. The summed E-state index contributed by atoms with van der Waals surface area (Å²) in [5.74, 6) is -1.17. The topological polar surface area (TPSA) is 78.9 Å². The molecule has 1 fully saturated rings. The van der Waals surface area contributed by atoms with Crippen molar-refractivity contribution < 1.29 is 19.4 Å². The number of carbonyl (C=O) groups is 2. The normalized spacial score (nSPS) is 21.9. The fourth-order valence-electron chi connectivity index (χ4n) is 5.42. The zero-order chi connectivity index (χ0) is 24.5. The van der Waals surface area contributed by atoms with Gasteiger partial charge in [0.25, 0.3) is 5.91 Å². The van der Waals surface area contributed by atoms with E-state index < -0.39 is 5.97 Å². The molecule has 1 amide bonds. The number of thiophene rings is 1. The van der Waals surface area contributed by atoms with Crippen molar-refractivity contribution in [2.75, 3.05) is 23.4 Å². The first-order valence-electron chi connectivity index (χ1n) is 12.1. The first kappa shape index (κ1) is 23.6. The van der Waals surface area contributed by atoms with Crippen LogP contribution in [0.1, 0.15) is 63.6 Å². The Morgan fingerprint density at radius 3 is 2.40 bits per heavy atom. The van der Waals surface area contributed by atoms with E-state index in [0.717, 1.165) is 30.5 Å². The van der Waals surface area contributed by atoms with Crippen molar-refractivity contribution in [3.05, 3.63) is 81.7 Å². The first-order chi connectivity index (χ1) is 16.9. The van der Waals surface area contributed by atoms with Crippen LogP contribution in [0.2, 0.25) is 0 Å². The highest BCUT2D eigenvalue weighted by atomic mass is 32.1. The van der Waals surface area contributed by atoms with Gasteiger partial charge in [0.05, 0.1) is 18.8 Å². The summed E-state index contributed by atoms with van der Waals surface area (Å²) < 4.78 is 5.62. The average Bonchev–Trinajstić information content (AvgIpc) is 3.28. The third-order valence-electron chi connectivity index (χ3n) is 7.14. The summed E-state index contributed by atoms with van der Waals surface area (Å²) in [4.78, 5) is 27.6. The predicted molar refractivity (Wildman–Crippen MR) is 139 cm³/mol. The van der Waals surface area contributed by atoms with Crippen LogP contribution in [0.5, 0.6) is 0 Å². The molecule has 1 aliphatic heterocycles. The summed E-state index contributed by atoms with van der Waals surface area (Å²) in [6.07, 6.45) is 2.66. The number of morpholine rings is 1. The maximum Gasteiger partial charge on any atom is 0.339 e. The SMILES string of the molecule is C[C@@H]1COC[C@H](C)N1c1ccc(C(=O)Nc2scc(C3CCc4ccccc4C3)c2C(=O)O)cc1. The number of aromatic carboxylic acids is 1. The van der Waals surface area contributed by atoms with E-state index in [1.807, 2.05) is 23.6 Å². The van der Waals surface area contributed by atoms with Gasteiger partial charge in [-0.25, -0.2) is 4.79 Å². The molecule has 2 heterocycles. The minimum Gasteiger partial charge on any atom is -0.478 e. The van der Waals surface area contributed by atoms with Gasteiger partial charge in [-0.1, -0.05) is 24.3 Å². The summed E-state index contributed by atoms with van der Waals surface area (Å²) >= 11 is 1.29. The third-order valence-corrected chi connectivity index (χ3v) is 8.06. The van der Waals surface area contributed by atoms with Gasteiger partial charge in [-0.05, 0) is 85.4 Å². The summed E-state index contributed by atoms with van der Waals surface area (Å²) in [6, 6.07) is 16.4. The molecule has 0 bridgehead atoms. The molecule has 3 atom stereocenters. The molecule has 6 nitrogen and oxygen atoms in total. The molecule has 182 valence electrons. The summed E-state index contributed by atoms with van der Waals surface area (Å²) in [5.41, 5.74) is 5.21. The first-order valence-corrected chi connectivity index (χ1v) is 13.0. The lowest BCUT2D eigenvalue weighted by atomic mass is 9.80. The van der Waals surface area contributed by atoms with Gasteiger partial charge in [0.1, 0.15) is 5.00 Å². The number of amides is 1. The van der Waals surface area contributed by atoms with Gasteiger partial charge in [0.15, 0.2) is 0 Å². The van der Waals surface area contributed by atoms with Gasteiger partial charge in [0, 0.05) is 23.3 Å². The fraction of sp³-hybridized carbons (Fsp3) is 0.357. The Labute approximate surface area is 209 Å². The van der Waals surface area contributed by atoms with Crippen LogP contribution in [-0.2, 0) is 17.6 Å². The second-order valence-corrected chi connectivity index (χ2v) is 10.4. The second-order valence-electron chi connectivity index (χ2n) is 9.55. The molecule has 2 aliphatic rings. The van der Waals surface area contributed by atoms with Crippen molar-refractivity contribution in [3.8, 4) is 0 Å². The van der Waals surface area contributed by atoms with Crippen LogP contribution in [0.15, 0.2) is 53.9 Å². The van der Waals surface area contributed by atoms with E-state index in [2.05, 4.69) is 42.3 Å². The Morgan fingerprint density at radius 2 is 1.71 bits per heavy atom. The van der Waals surface area contributed by atoms with Crippen molar-refractivity contribution in [3.63, 3.8) is 0 Å². The van der Waals surface area contributed by atoms with Gasteiger partial charge in [0.2, 0.25) is 0 Å². The molecule has 1 aromatic heterocycles. The largest absolute Gasteiger partial charge is 0.478 e. The second kappa shape index (κ2) is 9.84. The lowest BCUT2D eigenvalue weighted by molar-refractivity contribution is 0.0696. The van der Waals surface area contributed by atoms with E-state index in [4.69, 9.17) is 4.74 Å². The van der Waals surface area contributed by atoms with Gasteiger partial charge in [-0.3, -0.25) is 4.79 Å². The Hall–Kier alpha value is -3.16. The molecule has 2 N–H and O–H groups in total. The van der Waals surface area contributed by atoms with Gasteiger partial charge in [-0.2, -0.15) is 0 Å². The smallest absolute Gasteiger partial charge is 0.339 e. The zero-order valence-electron chi connectivity index (χ0n) is 20.0. The molecule has 0 spiro atoms. The molecule has 35 heavy (non-hydrogen) atoms. The molecule has 3 aromatic rings. The number of rotatable bonds is 5. The summed E-state index contributed by atoms with van der Waals surface area (Å²) in [5, 5.41) is 15.2. The lowest BCUT2D eigenvalue weighted by Crippen LogP contribution is -2.49.